The number of aromatic nitrogens is 2. The van der Waals surface area contributed by atoms with Crippen molar-refractivity contribution in [2.24, 2.45) is 5.92 Å². The molecule has 2 aromatic carbocycles. The van der Waals surface area contributed by atoms with Crippen LogP contribution in [0.15, 0.2) is 66.7 Å². The summed E-state index contributed by atoms with van der Waals surface area (Å²) in [6, 6.07) is 20.5. The molecule has 1 fully saturated rings. The van der Waals surface area contributed by atoms with Crippen molar-refractivity contribution in [1.82, 2.24) is 10.2 Å². The fourth-order valence-corrected chi connectivity index (χ4v) is 3.66. The summed E-state index contributed by atoms with van der Waals surface area (Å²) in [5, 5.41) is 11.1. The summed E-state index contributed by atoms with van der Waals surface area (Å²) in [4.78, 5) is 27.2. The maximum Gasteiger partial charge on any atom is 0.276 e. The molecule has 0 unspecified atom stereocenters. The van der Waals surface area contributed by atoms with Crippen molar-refractivity contribution in [2.75, 3.05) is 23.3 Å². The minimum absolute atomic E-state index is 0.0350. The average molecular weight is 400 g/mol. The van der Waals surface area contributed by atoms with Crippen molar-refractivity contribution < 1.29 is 9.59 Å². The van der Waals surface area contributed by atoms with E-state index in [-0.39, 0.29) is 23.3 Å². The van der Waals surface area contributed by atoms with Gasteiger partial charge in [0.2, 0.25) is 0 Å². The normalized spacial score (nSPS) is 14.4. The summed E-state index contributed by atoms with van der Waals surface area (Å²) >= 11 is 0. The molecular weight excluding hydrogens is 376 g/mol. The van der Waals surface area contributed by atoms with Crippen LogP contribution >= 0.6 is 0 Å². The third-order valence-corrected chi connectivity index (χ3v) is 5.44. The van der Waals surface area contributed by atoms with Crippen molar-refractivity contribution in [3.8, 4) is 0 Å². The predicted octanol–water partition coefficient (Wildman–Crippen LogP) is 4.14. The Hall–Kier alpha value is -3.54. The third-order valence-electron chi connectivity index (χ3n) is 5.44. The summed E-state index contributed by atoms with van der Waals surface area (Å²) in [7, 11) is 0. The van der Waals surface area contributed by atoms with E-state index in [9.17, 15) is 9.59 Å². The number of hydrogen-bond acceptors (Lipinski definition) is 5. The van der Waals surface area contributed by atoms with Gasteiger partial charge in [0.25, 0.3) is 5.91 Å². The number of benzene rings is 2. The average Bonchev–Trinajstić information content (AvgIpc) is 2.80. The summed E-state index contributed by atoms with van der Waals surface area (Å²) in [5.74, 6) is 0.691. The molecular formula is C24H24N4O2. The lowest BCUT2D eigenvalue weighted by Crippen LogP contribution is -2.37. The molecule has 1 amide bonds. The van der Waals surface area contributed by atoms with Crippen LogP contribution in [0.1, 0.15) is 39.3 Å². The van der Waals surface area contributed by atoms with E-state index in [1.807, 2.05) is 67.6 Å². The smallest absolute Gasteiger partial charge is 0.276 e. The second kappa shape index (κ2) is 8.86. The molecule has 6 nitrogen and oxygen atoms in total. The molecule has 0 aliphatic carbocycles. The van der Waals surface area contributed by atoms with E-state index < -0.39 is 0 Å². The fourth-order valence-electron chi connectivity index (χ4n) is 3.66. The molecule has 3 aromatic rings. The standard InChI is InChI=1S/C24H24N4O2/c1-17-7-9-18(10-8-17)23(29)19-13-15-28(16-14-19)22-12-11-21(26-27-22)24(30)25-20-5-3-2-4-6-20/h2-12,19H,13-16H2,1H3,(H,25,30). The highest BCUT2D eigenvalue weighted by Crippen LogP contribution is 2.25. The molecule has 0 bridgehead atoms. The van der Waals surface area contributed by atoms with E-state index in [1.165, 1.54) is 0 Å². The second-order valence-corrected chi connectivity index (χ2v) is 7.59. The lowest BCUT2D eigenvalue weighted by molar-refractivity contribution is 0.0899. The third kappa shape index (κ3) is 4.54. The fraction of sp³-hybridized carbons (Fsp3) is 0.250. The molecule has 0 spiro atoms. The van der Waals surface area contributed by atoms with Crippen LogP contribution in [-0.4, -0.2) is 35.0 Å². The number of carbonyl (C=O) groups excluding carboxylic acids is 2. The molecule has 1 aliphatic heterocycles. The first-order chi connectivity index (χ1) is 14.6. The van der Waals surface area contributed by atoms with Crippen LogP contribution in [0.5, 0.6) is 0 Å². The lowest BCUT2D eigenvalue weighted by Gasteiger charge is -2.31. The summed E-state index contributed by atoms with van der Waals surface area (Å²) in [6.07, 6.45) is 1.56. The number of nitrogens with one attached hydrogen (secondary N) is 1. The first kappa shape index (κ1) is 19.8. The minimum atomic E-state index is -0.289. The SMILES string of the molecule is Cc1ccc(C(=O)C2CCN(c3ccc(C(=O)Nc4ccccc4)nn3)CC2)cc1. The highest BCUT2D eigenvalue weighted by Gasteiger charge is 2.26. The second-order valence-electron chi connectivity index (χ2n) is 7.59. The van der Waals surface area contributed by atoms with Gasteiger partial charge in [-0.25, -0.2) is 0 Å². The summed E-state index contributed by atoms with van der Waals surface area (Å²) in [6.45, 7) is 3.50. The first-order valence-electron chi connectivity index (χ1n) is 10.2. The molecule has 152 valence electrons. The Balaban J connectivity index is 1.34. The number of nitrogens with zero attached hydrogens (tertiary/aromatic N) is 3. The Morgan fingerprint density at radius 1 is 0.900 bits per heavy atom. The van der Waals surface area contributed by atoms with Crippen LogP contribution in [0, 0.1) is 12.8 Å². The zero-order valence-electron chi connectivity index (χ0n) is 16.9. The number of rotatable bonds is 5. The number of hydrogen-bond donors (Lipinski definition) is 1. The van der Waals surface area contributed by atoms with Gasteiger partial charge < -0.3 is 10.2 Å². The van der Waals surface area contributed by atoms with Gasteiger partial charge in [0.1, 0.15) is 0 Å². The maximum atomic E-state index is 12.7. The number of para-hydroxylation sites is 1. The van der Waals surface area contributed by atoms with Crippen LogP contribution in [-0.2, 0) is 0 Å². The molecule has 30 heavy (non-hydrogen) atoms. The largest absolute Gasteiger partial charge is 0.355 e. The van der Waals surface area contributed by atoms with E-state index in [4.69, 9.17) is 0 Å². The van der Waals surface area contributed by atoms with Crippen LogP contribution in [0.3, 0.4) is 0 Å². The van der Waals surface area contributed by atoms with E-state index in [1.54, 1.807) is 6.07 Å². The molecule has 2 heterocycles. The van der Waals surface area contributed by atoms with Crippen LogP contribution in [0.25, 0.3) is 0 Å². The Morgan fingerprint density at radius 2 is 1.60 bits per heavy atom. The van der Waals surface area contributed by atoms with Crippen molar-refractivity contribution in [2.45, 2.75) is 19.8 Å². The molecule has 1 aliphatic rings. The van der Waals surface area contributed by atoms with Gasteiger partial charge in [-0.05, 0) is 44.0 Å². The topological polar surface area (TPSA) is 75.2 Å². The summed E-state index contributed by atoms with van der Waals surface area (Å²) < 4.78 is 0. The minimum Gasteiger partial charge on any atom is -0.355 e. The van der Waals surface area contributed by atoms with Gasteiger partial charge in [-0.2, -0.15) is 0 Å². The van der Waals surface area contributed by atoms with Gasteiger partial charge in [-0.1, -0.05) is 48.0 Å². The number of piperidine rings is 1. The molecule has 1 saturated heterocycles. The molecule has 0 atom stereocenters. The van der Waals surface area contributed by atoms with E-state index in [2.05, 4.69) is 20.4 Å². The molecule has 4 rings (SSSR count). The number of ketones is 1. The number of anilines is 2. The van der Waals surface area contributed by atoms with Crippen molar-refractivity contribution >= 4 is 23.2 Å². The quantitative estimate of drug-likeness (QED) is 0.652. The number of aryl methyl sites for hydroxylation is 1. The first-order valence-corrected chi connectivity index (χ1v) is 10.2. The Kier molecular flexibility index (Phi) is 5.84. The van der Waals surface area contributed by atoms with Crippen molar-refractivity contribution in [3.63, 3.8) is 0 Å². The molecule has 0 radical (unpaired) electrons. The molecule has 6 heteroatoms. The number of amides is 1. The zero-order valence-corrected chi connectivity index (χ0v) is 16.9. The number of carbonyl (C=O) groups is 2. The van der Waals surface area contributed by atoms with E-state index >= 15 is 0 Å². The van der Waals surface area contributed by atoms with E-state index in [0.29, 0.717) is 5.69 Å². The van der Waals surface area contributed by atoms with Gasteiger partial charge in [0.15, 0.2) is 17.3 Å². The highest BCUT2D eigenvalue weighted by atomic mass is 16.2. The predicted molar refractivity (Wildman–Crippen MR) is 117 cm³/mol. The monoisotopic (exact) mass is 400 g/mol. The van der Waals surface area contributed by atoms with Gasteiger partial charge in [0.05, 0.1) is 0 Å². The maximum absolute atomic E-state index is 12.7. The molecule has 1 N–H and O–H groups in total. The van der Waals surface area contributed by atoms with E-state index in [0.717, 1.165) is 42.9 Å². The van der Waals surface area contributed by atoms with Gasteiger partial charge in [-0.3, -0.25) is 9.59 Å². The van der Waals surface area contributed by atoms with Crippen LogP contribution < -0.4 is 10.2 Å². The summed E-state index contributed by atoms with van der Waals surface area (Å²) in [5.41, 5.74) is 2.93. The zero-order chi connectivity index (χ0) is 20.9. The number of Topliss-reactive ketones (excluding diaryl/α,β-unsaturated/α-hetero) is 1. The highest BCUT2D eigenvalue weighted by molar-refractivity contribution is 6.02. The van der Waals surface area contributed by atoms with Gasteiger partial charge in [0, 0.05) is 30.3 Å². The van der Waals surface area contributed by atoms with Crippen molar-refractivity contribution in [1.29, 1.82) is 0 Å². The Morgan fingerprint density at radius 3 is 2.23 bits per heavy atom. The Labute approximate surface area is 175 Å². The van der Waals surface area contributed by atoms with Crippen molar-refractivity contribution in [3.05, 3.63) is 83.6 Å². The van der Waals surface area contributed by atoms with Crippen LogP contribution in [0.2, 0.25) is 0 Å². The molecule has 0 saturated carbocycles. The van der Waals surface area contributed by atoms with Crippen LogP contribution in [0.4, 0.5) is 11.5 Å². The van der Waals surface area contributed by atoms with Gasteiger partial charge >= 0.3 is 0 Å². The Bertz CT molecular complexity index is 1010. The molecule has 1 aromatic heterocycles. The lowest BCUT2D eigenvalue weighted by atomic mass is 9.88. The van der Waals surface area contributed by atoms with Gasteiger partial charge in [-0.15, -0.1) is 10.2 Å².